The molecule has 114 valence electrons. The first-order valence-electron chi connectivity index (χ1n) is 7.60. The maximum atomic E-state index is 12.2. The molecule has 21 heavy (non-hydrogen) atoms. The summed E-state index contributed by atoms with van der Waals surface area (Å²) in [5, 5.41) is 10.7. The summed E-state index contributed by atoms with van der Waals surface area (Å²) in [6.45, 7) is 0.521. The standard InChI is InChI=1S/C17H23NO2S/c1-18(17(20)9-8-14-5-2-3-6-14)12-15-11-16(21-13-15)7-4-10-19/h11,13-14,19H,2-3,5-6,8-10,12H2,1H3. The summed E-state index contributed by atoms with van der Waals surface area (Å²) in [6.07, 6.45) is 6.98. The van der Waals surface area contributed by atoms with Crippen molar-refractivity contribution in [1.82, 2.24) is 4.90 Å². The van der Waals surface area contributed by atoms with Gasteiger partial charge in [-0.15, -0.1) is 11.3 Å². The van der Waals surface area contributed by atoms with Crippen LogP contribution in [0.4, 0.5) is 0 Å². The quantitative estimate of drug-likeness (QED) is 0.850. The molecule has 4 heteroatoms. The Balaban J connectivity index is 1.78. The summed E-state index contributed by atoms with van der Waals surface area (Å²) in [5.74, 6) is 6.54. The van der Waals surface area contributed by atoms with E-state index in [9.17, 15) is 4.79 Å². The van der Waals surface area contributed by atoms with Crippen LogP contribution in [0.1, 0.15) is 49.0 Å². The average Bonchev–Trinajstić information content (AvgIpc) is 3.14. The number of nitrogens with zero attached hydrogens (tertiary/aromatic N) is 1. The number of hydrogen-bond acceptors (Lipinski definition) is 3. The highest BCUT2D eigenvalue weighted by molar-refractivity contribution is 7.10. The molecule has 0 unspecified atom stereocenters. The number of aliphatic hydroxyl groups is 1. The predicted molar refractivity (Wildman–Crippen MR) is 85.9 cm³/mol. The van der Waals surface area contributed by atoms with E-state index in [4.69, 9.17) is 5.11 Å². The van der Waals surface area contributed by atoms with E-state index >= 15 is 0 Å². The number of aliphatic hydroxyl groups excluding tert-OH is 1. The fourth-order valence-corrected chi connectivity index (χ4v) is 3.60. The molecule has 0 aliphatic heterocycles. The van der Waals surface area contributed by atoms with Crippen LogP contribution in [-0.4, -0.2) is 29.6 Å². The number of amides is 1. The first kappa shape index (κ1) is 16.1. The molecule has 0 spiro atoms. The molecule has 1 heterocycles. The van der Waals surface area contributed by atoms with Gasteiger partial charge in [0.05, 0.1) is 4.88 Å². The molecule has 0 bridgehead atoms. The van der Waals surface area contributed by atoms with E-state index in [1.807, 2.05) is 18.5 Å². The number of hydrogen-bond donors (Lipinski definition) is 1. The van der Waals surface area contributed by atoms with Gasteiger partial charge in [-0.05, 0) is 29.3 Å². The fraction of sp³-hybridized carbons (Fsp3) is 0.588. The van der Waals surface area contributed by atoms with Crippen LogP contribution in [0.3, 0.4) is 0 Å². The van der Waals surface area contributed by atoms with Gasteiger partial charge in [-0.3, -0.25) is 4.79 Å². The first-order chi connectivity index (χ1) is 10.2. The molecule has 1 aliphatic carbocycles. The van der Waals surface area contributed by atoms with Crippen molar-refractivity contribution in [3.63, 3.8) is 0 Å². The number of thiophene rings is 1. The zero-order valence-electron chi connectivity index (χ0n) is 12.6. The Hall–Kier alpha value is -1.31. The Bertz CT molecular complexity index is 520. The first-order valence-corrected chi connectivity index (χ1v) is 8.48. The second kappa shape index (κ2) is 8.21. The maximum Gasteiger partial charge on any atom is 0.222 e. The molecular weight excluding hydrogens is 282 g/mol. The summed E-state index contributed by atoms with van der Waals surface area (Å²) in [5.41, 5.74) is 1.11. The largest absolute Gasteiger partial charge is 0.384 e. The summed E-state index contributed by atoms with van der Waals surface area (Å²) >= 11 is 1.55. The number of rotatable bonds is 5. The molecule has 0 saturated heterocycles. The predicted octanol–water partition coefficient (Wildman–Crippen LogP) is 3.02. The molecular formula is C17H23NO2S. The van der Waals surface area contributed by atoms with Crippen molar-refractivity contribution in [2.75, 3.05) is 13.7 Å². The Morgan fingerprint density at radius 3 is 2.95 bits per heavy atom. The molecule has 1 N–H and O–H groups in total. The highest BCUT2D eigenvalue weighted by atomic mass is 32.1. The smallest absolute Gasteiger partial charge is 0.222 e. The second-order valence-electron chi connectivity index (χ2n) is 5.72. The van der Waals surface area contributed by atoms with Crippen molar-refractivity contribution in [3.05, 3.63) is 21.9 Å². The SMILES string of the molecule is CN(Cc1csc(C#CCO)c1)C(=O)CCC1CCCC1. The fourth-order valence-electron chi connectivity index (χ4n) is 2.83. The van der Waals surface area contributed by atoms with E-state index in [1.165, 1.54) is 25.7 Å². The second-order valence-corrected chi connectivity index (χ2v) is 6.63. The van der Waals surface area contributed by atoms with E-state index in [0.29, 0.717) is 13.0 Å². The van der Waals surface area contributed by atoms with Crippen molar-refractivity contribution in [3.8, 4) is 11.8 Å². The van der Waals surface area contributed by atoms with Gasteiger partial charge in [0.1, 0.15) is 6.61 Å². The highest BCUT2D eigenvalue weighted by Crippen LogP contribution is 2.28. The third-order valence-electron chi connectivity index (χ3n) is 4.03. The van der Waals surface area contributed by atoms with Crippen LogP contribution >= 0.6 is 11.3 Å². The van der Waals surface area contributed by atoms with Crippen LogP contribution in [0, 0.1) is 17.8 Å². The number of carbonyl (C=O) groups excluding carboxylic acids is 1. The van der Waals surface area contributed by atoms with Gasteiger partial charge in [-0.1, -0.05) is 37.5 Å². The molecule has 0 atom stereocenters. The van der Waals surface area contributed by atoms with E-state index in [2.05, 4.69) is 11.8 Å². The van der Waals surface area contributed by atoms with Crippen LogP contribution in [0.25, 0.3) is 0 Å². The van der Waals surface area contributed by atoms with Gasteiger partial charge >= 0.3 is 0 Å². The van der Waals surface area contributed by atoms with Crippen LogP contribution in [-0.2, 0) is 11.3 Å². The Morgan fingerprint density at radius 2 is 2.24 bits per heavy atom. The van der Waals surface area contributed by atoms with Crippen LogP contribution < -0.4 is 0 Å². The monoisotopic (exact) mass is 305 g/mol. The average molecular weight is 305 g/mol. The van der Waals surface area contributed by atoms with E-state index < -0.39 is 0 Å². The third kappa shape index (κ3) is 5.18. The van der Waals surface area contributed by atoms with Crippen LogP contribution in [0.2, 0.25) is 0 Å². The number of carbonyl (C=O) groups is 1. The topological polar surface area (TPSA) is 40.5 Å². The normalized spacial score (nSPS) is 14.8. The Morgan fingerprint density at radius 1 is 1.48 bits per heavy atom. The van der Waals surface area contributed by atoms with Gasteiger partial charge in [-0.2, -0.15) is 0 Å². The van der Waals surface area contributed by atoms with Gasteiger partial charge in [0.2, 0.25) is 5.91 Å². The van der Waals surface area contributed by atoms with Gasteiger partial charge in [-0.25, -0.2) is 0 Å². The minimum Gasteiger partial charge on any atom is -0.384 e. The van der Waals surface area contributed by atoms with Crippen molar-refractivity contribution in [1.29, 1.82) is 0 Å². The molecule has 0 radical (unpaired) electrons. The molecule has 1 amide bonds. The summed E-state index contributed by atoms with van der Waals surface area (Å²) in [4.78, 5) is 14.9. The van der Waals surface area contributed by atoms with E-state index in [0.717, 1.165) is 22.8 Å². The molecule has 1 saturated carbocycles. The van der Waals surface area contributed by atoms with Crippen molar-refractivity contribution in [2.45, 2.75) is 45.1 Å². The van der Waals surface area contributed by atoms with Gasteiger partial charge in [0.25, 0.3) is 0 Å². The highest BCUT2D eigenvalue weighted by Gasteiger charge is 2.17. The van der Waals surface area contributed by atoms with E-state index in [1.54, 1.807) is 16.2 Å². The molecule has 1 aromatic heterocycles. The molecule has 1 aromatic rings. The van der Waals surface area contributed by atoms with Crippen molar-refractivity contribution < 1.29 is 9.90 Å². The van der Waals surface area contributed by atoms with Gasteiger partial charge < -0.3 is 10.0 Å². The molecule has 1 aliphatic rings. The lowest BCUT2D eigenvalue weighted by Gasteiger charge is -2.17. The Kier molecular flexibility index (Phi) is 6.28. The lowest BCUT2D eigenvalue weighted by atomic mass is 10.0. The van der Waals surface area contributed by atoms with Gasteiger partial charge in [0.15, 0.2) is 0 Å². The minimum atomic E-state index is -0.118. The van der Waals surface area contributed by atoms with Crippen molar-refractivity contribution in [2.24, 2.45) is 5.92 Å². The Labute approximate surface area is 131 Å². The summed E-state index contributed by atoms with van der Waals surface area (Å²) in [7, 11) is 1.87. The molecule has 0 aromatic carbocycles. The lowest BCUT2D eigenvalue weighted by molar-refractivity contribution is -0.130. The van der Waals surface area contributed by atoms with Crippen LogP contribution in [0.5, 0.6) is 0 Å². The zero-order valence-corrected chi connectivity index (χ0v) is 13.4. The molecule has 2 rings (SSSR count). The summed E-state index contributed by atoms with van der Waals surface area (Å²) < 4.78 is 0. The molecule has 1 fully saturated rings. The maximum absolute atomic E-state index is 12.2. The minimum absolute atomic E-state index is 0.118. The van der Waals surface area contributed by atoms with Crippen molar-refractivity contribution >= 4 is 17.2 Å². The zero-order chi connectivity index (χ0) is 15.1. The van der Waals surface area contributed by atoms with Crippen LogP contribution in [0.15, 0.2) is 11.4 Å². The van der Waals surface area contributed by atoms with E-state index in [-0.39, 0.29) is 12.5 Å². The third-order valence-corrected chi connectivity index (χ3v) is 4.93. The summed E-state index contributed by atoms with van der Waals surface area (Å²) in [6, 6.07) is 1.99. The van der Waals surface area contributed by atoms with Gasteiger partial charge in [0, 0.05) is 20.0 Å². The molecule has 3 nitrogen and oxygen atoms in total. The lowest BCUT2D eigenvalue weighted by Crippen LogP contribution is -2.26.